The maximum atomic E-state index is 6.27. The Balaban J connectivity index is 1.61. The highest BCUT2D eigenvalue weighted by Crippen LogP contribution is 2.52. The fourth-order valence-corrected chi connectivity index (χ4v) is 5.36. The average molecular weight is 403 g/mol. The first kappa shape index (κ1) is 19.4. The fourth-order valence-electron chi connectivity index (χ4n) is 5.36. The molecule has 2 heterocycles. The lowest BCUT2D eigenvalue weighted by atomic mass is 9.64. The molecule has 2 aromatic carbocycles. The van der Waals surface area contributed by atoms with Crippen molar-refractivity contribution in [2.24, 2.45) is 10.9 Å². The molecule has 156 valence electrons. The van der Waals surface area contributed by atoms with Crippen LogP contribution in [0.2, 0.25) is 0 Å². The van der Waals surface area contributed by atoms with Crippen LogP contribution in [-0.2, 0) is 21.4 Å². The minimum atomic E-state index is -0.298. The summed E-state index contributed by atoms with van der Waals surface area (Å²) in [6.07, 6.45) is 0. The predicted octanol–water partition coefficient (Wildman–Crippen LogP) is 4.65. The van der Waals surface area contributed by atoms with E-state index in [1.807, 2.05) is 0 Å². The molecule has 2 aliphatic heterocycles. The first-order valence-corrected chi connectivity index (χ1v) is 10.8. The van der Waals surface area contributed by atoms with Crippen LogP contribution < -0.4 is 0 Å². The van der Waals surface area contributed by atoms with Crippen LogP contribution >= 0.6 is 0 Å². The van der Waals surface area contributed by atoms with Gasteiger partial charge in [0, 0.05) is 31.1 Å². The maximum Gasteiger partial charge on any atom is 0.195 e. The number of hydrogen-bond acceptors (Lipinski definition) is 4. The summed E-state index contributed by atoms with van der Waals surface area (Å²) in [5.41, 5.74) is 4.66. The van der Waals surface area contributed by atoms with Crippen LogP contribution in [0.4, 0.5) is 0 Å². The predicted molar refractivity (Wildman–Crippen MR) is 120 cm³/mol. The number of nitrogens with zero attached hydrogens (tertiary/aromatic N) is 2. The van der Waals surface area contributed by atoms with Crippen LogP contribution in [0.3, 0.4) is 0 Å². The Morgan fingerprint density at radius 1 is 1.07 bits per heavy atom. The summed E-state index contributed by atoms with van der Waals surface area (Å²) in [6, 6.07) is 19.3. The molecule has 0 bridgehead atoms. The molecule has 1 saturated heterocycles. The summed E-state index contributed by atoms with van der Waals surface area (Å²) in [5.74, 6) is 2.18. The topological polar surface area (TPSA) is 34.1 Å². The first-order chi connectivity index (χ1) is 14.4. The van der Waals surface area contributed by atoms with Crippen molar-refractivity contribution in [2.45, 2.75) is 38.3 Å². The van der Waals surface area contributed by atoms with Crippen LogP contribution in [-0.4, -0.2) is 43.1 Å². The maximum absolute atomic E-state index is 6.27. The van der Waals surface area contributed by atoms with Crippen molar-refractivity contribution in [3.8, 4) is 0 Å². The summed E-state index contributed by atoms with van der Waals surface area (Å²) in [4.78, 5) is 7.57. The molecule has 0 radical (unpaired) electrons. The molecule has 0 aromatic heterocycles. The monoisotopic (exact) mass is 402 g/mol. The van der Waals surface area contributed by atoms with E-state index in [0.717, 1.165) is 31.3 Å². The molecule has 2 aromatic rings. The van der Waals surface area contributed by atoms with Gasteiger partial charge in [-0.1, -0.05) is 54.6 Å². The summed E-state index contributed by atoms with van der Waals surface area (Å²) in [7, 11) is 1.80. The number of ether oxygens (including phenoxy) is 2. The van der Waals surface area contributed by atoms with E-state index >= 15 is 0 Å². The van der Waals surface area contributed by atoms with E-state index in [-0.39, 0.29) is 16.9 Å². The molecule has 3 aliphatic rings. The lowest BCUT2D eigenvalue weighted by molar-refractivity contribution is 0.237. The standard InChI is InChI=1S/C26H30N2O2/c1-25(2)17-30-24(27-25)26(3)21-13-9-8-12-19(21)23(29-4)20-15-28(16-22(20)26)14-18-10-6-5-7-11-18/h5-13,22H,14-17H2,1-4H3/t22-,26-/m0/s1. The number of hydrogen-bond donors (Lipinski definition) is 0. The summed E-state index contributed by atoms with van der Waals surface area (Å²) in [6.45, 7) is 10.0. The van der Waals surface area contributed by atoms with Crippen molar-refractivity contribution in [1.29, 1.82) is 0 Å². The molecule has 1 aliphatic carbocycles. The molecule has 0 amide bonds. The second-order valence-electron chi connectivity index (χ2n) is 9.53. The lowest BCUT2D eigenvalue weighted by Gasteiger charge is -2.41. The smallest absolute Gasteiger partial charge is 0.195 e. The largest absolute Gasteiger partial charge is 0.496 e. The lowest BCUT2D eigenvalue weighted by Crippen LogP contribution is -2.45. The van der Waals surface area contributed by atoms with Crippen LogP contribution in [0.15, 0.2) is 65.2 Å². The minimum Gasteiger partial charge on any atom is -0.496 e. The molecule has 0 unspecified atom stereocenters. The molecule has 30 heavy (non-hydrogen) atoms. The van der Waals surface area contributed by atoms with Gasteiger partial charge in [-0.05, 0) is 37.5 Å². The second kappa shape index (κ2) is 6.98. The Morgan fingerprint density at radius 2 is 1.80 bits per heavy atom. The van der Waals surface area contributed by atoms with Crippen molar-refractivity contribution in [3.63, 3.8) is 0 Å². The highest BCUT2D eigenvalue weighted by molar-refractivity contribution is 5.94. The SMILES string of the molecule is COC1=C2CN(Cc3ccccc3)C[C@@H]2[C@@](C)(C2=NC(C)(C)CO2)c2ccccc21. The highest BCUT2D eigenvalue weighted by Gasteiger charge is 2.54. The zero-order chi connectivity index (χ0) is 20.9. The van der Waals surface area contributed by atoms with Gasteiger partial charge in [-0.3, -0.25) is 4.90 Å². The van der Waals surface area contributed by atoms with Gasteiger partial charge in [0.15, 0.2) is 5.90 Å². The molecule has 2 atom stereocenters. The van der Waals surface area contributed by atoms with Gasteiger partial charge >= 0.3 is 0 Å². The minimum absolute atomic E-state index is 0.180. The number of rotatable bonds is 4. The Bertz CT molecular complexity index is 1020. The molecular formula is C26H30N2O2. The van der Waals surface area contributed by atoms with Crippen LogP contribution in [0.1, 0.15) is 37.5 Å². The van der Waals surface area contributed by atoms with Gasteiger partial charge in [-0.15, -0.1) is 0 Å². The van der Waals surface area contributed by atoms with E-state index in [2.05, 4.69) is 80.3 Å². The van der Waals surface area contributed by atoms with Crippen molar-refractivity contribution in [3.05, 3.63) is 76.9 Å². The van der Waals surface area contributed by atoms with E-state index in [1.54, 1.807) is 7.11 Å². The number of likely N-dealkylation sites (tertiary alicyclic amines) is 1. The number of fused-ring (bicyclic) bond motifs is 2. The van der Waals surface area contributed by atoms with Gasteiger partial charge in [0.25, 0.3) is 0 Å². The van der Waals surface area contributed by atoms with E-state index in [1.165, 1.54) is 22.3 Å². The Labute approximate surface area is 179 Å². The van der Waals surface area contributed by atoms with Gasteiger partial charge in [0.2, 0.25) is 0 Å². The molecule has 0 N–H and O–H groups in total. The molecule has 1 fully saturated rings. The van der Waals surface area contributed by atoms with Gasteiger partial charge in [0.05, 0.1) is 18.1 Å². The van der Waals surface area contributed by atoms with Crippen LogP contribution in [0.5, 0.6) is 0 Å². The first-order valence-electron chi connectivity index (χ1n) is 10.8. The molecule has 4 nitrogen and oxygen atoms in total. The van der Waals surface area contributed by atoms with E-state index in [9.17, 15) is 0 Å². The third-order valence-electron chi connectivity index (χ3n) is 6.84. The Kier molecular flexibility index (Phi) is 4.51. The van der Waals surface area contributed by atoms with Gasteiger partial charge in [0.1, 0.15) is 12.4 Å². The third-order valence-corrected chi connectivity index (χ3v) is 6.84. The number of methoxy groups -OCH3 is 1. The normalized spacial score (nSPS) is 27.3. The zero-order valence-electron chi connectivity index (χ0n) is 18.3. The average Bonchev–Trinajstić information content (AvgIpc) is 3.33. The summed E-state index contributed by atoms with van der Waals surface area (Å²) >= 11 is 0. The third kappa shape index (κ3) is 2.97. The van der Waals surface area contributed by atoms with E-state index in [4.69, 9.17) is 14.5 Å². The molecule has 0 saturated carbocycles. The number of benzene rings is 2. The van der Waals surface area contributed by atoms with Gasteiger partial charge in [-0.25, -0.2) is 4.99 Å². The summed E-state index contributed by atoms with van der Waals surface area (Å²) in [5, 5.41) is 0. The van der Waals surface area contributed by atoms with Crippen molar-refractivity contribution in [2.75, 3.05) is 26.8 Å². The van der Waals surface area contributed by atoms with E-state index < -0.39 is 0 Å². The van der Waals surface area contributed by atoms with Gasteiger partial charge < -0.3 is 9.47 Å². The molecule has 4 heteroatoms. The zero-order valence-corrected chi connectivity index (χ0v) is 18.3. The Morgan fingerprint density at radius 3 is 2.50 bits per heavy atom. The Hall–Kier alpha value is -2.59. The van der Waals surface area contributed by atoms with Crippen molar-refractivity contribution in [1.82, 2.24) is 4.90 Å². The highest BCUT2D eigenvalue weighted by atomic mass is 16.5. The van der Waals surface area contributed by atoms with Crippen molar-refractivity contribution < 1.29 is 9.47 Å². The summed E-state index contributed by atoms with van der Waals surface area (Å²) < 4.78 is 12.3. The molecule has 0 spiro atoms. The van der Waals surface area contributed by atoms with Crippen molar-refractivity contribution >= 4 is 11.7 Å². The molecular weight excluding hydrogens is 372 g/mol. The van der Waals surface area contributed by atoms with E-state index in [0.29, 0.717) is 6.61 Å². The van der Waals surface area contributed by atoms with Gasteiger partial charge in [-0.2, -0.15) is 0 Å². The van der Waals surface area contributed by atoms with Crippen LogP contribution in [0, 0.1) is 5.92 Å². The quantitative estimate of drug-likeness (QED) is 0.746. The number of aliphatic imine (C=N–C) groups is 1. The molecule has 5 rings (SSSR count). The fraction of sp³-hybridized carbons (Fsp3) is 0.423. The van der Waals surface area contributed by atoms with Crippen LogP contribution in [0.25, 0.3) is 5.76 Å². The second-order valence-corrected chi connectivity index (χ2v) is 9.53.